The van der Waals surface area contributed by atoms with Crippen LogP contribution < -0.4 is 19.5 Å². The molecule has 1 fully saturated rings. The molecule has 182 valence electrons. The van der Waals surface area contributed by atoms with Crippen molar-refractivity contribution in [2.24, 2.45) is 0 Å². The van der Waals surface area contributed by atoms with Gasteiger partial charge in [-0.1, -0.05) is 24.3 Å². The van der Waals surface area contributed by atoms with Crippen molar-refractivity contribution in [3.63, 3.8) is 0 Å². The molecule has 0 saturated carbocycles. The Bertz CT molecular complexity index is 1200. The van der Waals surface area contributed by atoms with Gasteiger partial charge in [-0.2, -0.15) is 0 Å². The number of carbonyl (C=O) groups excluding carboxylic acids is 1. The molecule has 1 saturated heterocycles. The van der Waals surface area contributed by atoms with Crippen molar-refractivity contribution in [2.45, 2.75) is 12.5 Å². The van der Waals surface area contributed by atoms with E-state index in [1.165, 1.54) is 6.20 Å². The topological polar surface area (TPSA) is 156 Å². The van der Waals surface area contributed by atoms with E-state index >= 15 is 0 Å². The van der Waals surface area contributed by atoms with Gasteiger partial charge in [0.05, 0.1) is 42.7 Å². The smallest absolute Gasteiger partial charge is 0.321 e. The van der Waals surface area contributed by atoms with Crippen LogP contribution in [-0.4, -0.2) is 64.3 Å². The zero-order valence-corrected chi connectivity index (χ0v) is 20.8. The number of nitrogen functional groups attached to an aromatic ring is 1. The zero-order chi connectivity index (χ0) is 24.8. The Morgan fingerprint density at radius 3 is 2.60 bits per heavy atom. The molecule has 1 amide bonds. The lowest BCUT2D eigenvalue weighted by Gasteiger charge is -2.30. The van der Waals surface area contributed by atoms with Crippen LogP contribution in [0, 0.1) is 0 Å². The summed E-state index contributed by atoms with van der Waals surface area (Å²) in [6.45, 7) is 2.64. The number of hydrogen-bond acceptors (Lipinski definition) is 9. The van der Waals surface area contributed by atoms with Crippen molar-refractivity contribution in [1.29, 1.82) is 0 Å². The van der Waals surface area contributed by atoms with Crippen molar-refractivity contribution < 1.29 is 19.4 Å². The third-order valence-electron chi connectivity index (χ3n) is 5.53. The van der Waals surface area contributed by atoms with E-state index in [4.69, 9.17) is 10.5 Å². The molecule has 2 aromatic heterocycles. The maximum Gasteiger partial charge on any atom is 0.321 e. The zero-order valence-electron chi connectivity index (χ0n) is 18.6. The Kier molecular flexibility index (Phi) is 8.05. The van der Waals surface area contributed by atoms with Gasteiger partial charge >= 0.3 is 5.97 Å². The second kappa shape index (κ2) is 11.4. The molecule has 4 rings (SSSR count). The first kappa shape index (κ1) is 24.8. The van der Waals surface area contributed by atoms with Gasteiger partial charge in [0, 0.05) is 47.7 Å². The maximum absolute atomic E-state index is 13.1. The number of benzene rings is 1. The Morgan fingerprint density at radius 1 is 1.17 bits per heavy atom. The molecular formula is C23H24IN7O4. The molecule has 3 heterocycles. The molecule has 0 spiro atoms. The third-order valence-corrected chi connectivity index (χ3v) is 6.29. The quantitative estimate of drug-likeness (QED) is 0.227. The number of anilines is 3. The number of nitrogens with one attached hydrogen (secondary N) is 2. The number of carboxylic acids is 1. The summed E-state index contributed by atoms with van der Waals surface area (Å²) >= 11 is 1.83. The maximum atomic E-state index is 13.1. The van der Waals surface area contributed by atoms with Crippen LogP contribution >= 0.6 is 22.9 Å². The van der Waals surface area contributed by atoms with Gasteiger partial charge in [-0.05, 0) is 18.1 Å². The Morgan fingerprint density at radius 2 is 1.91 bits per heavy atom. The number of carboxylic acid groups (broad SMARTS) is 1. The molecule has 5 N–H and O–H groups in total. The lowest BCUT2D eigenvalue weighted by atomic mass is 10.0. The molecule has 1 aliphatic rings. The van der Waals surface area contributed by atoms with Crippen LogP contribution in [0.5, 0.6) is 0 Å². The lowest BCUT2D eigenvalue weighted by Crippen LogP contribution is -2.36. The number of halogens is 1. The number of rotatable bonds is 8. The molecule has 35 heavy (non-hydrogen) atoms. The summed E-state index contributed by atoms with van der Waals surface area (Å²) in [5.74, 6) is -1.40. The fraction of sp³-hybridized carbons (Fsp3) is 0.261. The summed E-state index contributed by atoms with van der Waals surface area (Å²) in [5, 5.41) is 12.1. The first-order valence-corrected chi connectivity index (χ1v) is 11.9. The summed E-state index contributed by atoms with van der Waals surface area (Å²) < 4.78 is 8.16. The van der Waals surface area contributed by atoms with Gasteiger partial charge in [0.15, 0.2) is 11.5 Å². The molecule has 1 aliphatic heterocycles. The summed E-state index contributed by atoms with van der Waals surface area (Å²) in [7, 11) is 0. The standard InChI is InChI=1S/C23H24IN7O4/c24-30-16(23(33)34)11-14-1-3-15(4-2-14)17-13-27-21(25)20(28-17)22(32)29-18-12-26-6-5-19(18)31-7-9-35-10-8-31/h1-6,12-13,16,30H,7-11H2,(H2,25,27)(H,29,32)(H,33,34)/t16-/m1/s1. The van der Waals surface area contributed by atoms with E-state index in [1.807, 2.05) is 41.1 Å². The number of hydrogen-bond donors (Lipinski definition) is 4. The molecule has 0 radical (unpaired) electrons. The van der Waals surface area contributed by atoms with Gasteiger partial charge in [-0.25, -0.2) is 13.5 Å². The van der Waals surface area contributed by atoms with Crippen LogP contribution in [0.1, 0.15) is 16.1 Å². The second-order valence-corrected chi connectivity index (χ2v) is 8.46. The van der Waals surface area contributed by atoms with Crippen LogP contribution in [0.25, 0.3) is 11.3 Å². The highest BCUT2D eigenvalue weighted by Crippen LogP contribution is 2.27. The van der Waals surface area contributed by atoms with E-state index < -0.39 is 17.9 Å². The molecule has 0 unspecified atom stereocenters. The highest BCUT2D eigenvalue weighted by molar-refractivity contribution is 14.1. The highest BCUT2D eigenvalue weighted by Gasteiger charge is 2.20. The largest absolute Gasteiger partial charge is 0.480 e. The van der Waals surface area contributed by atoms with E-state index in [2.05, 4.69) is 28.7 Å². The van der Waals surface area contributed by atoms with Crippen LogP contribution in [0.4, 0.5) is 17.2 Å². The van der Waals surface area contributed by atoms with Crippen molar-refractivity contribution in [1.82, 2.24) is 18.5 Å². The predicted octanol–water partition coefficient (Wildman–Crippen LogP) is 2.14. The average Bonchev–Trinajstić information content (AvgIpc) is 2.88. The van der Waals surface area contributed by atoms with Crippen LogP contribution in [0.3, 0.4) is 0 Å². The minimum Gasteiger partial charge on any atom is -0.480 e. The van der Waals surface area contributed by atoms with E-state index in [1.54, 1.807) is 24.5 Å². The molecule has 0 bridgehead atoms. The van der Waals surface area contributed by atoms with Crippen LogP contribution in [0.2, 0.25) is 0 Å². The Labute approximate surface area is 215 Å². The van der Waals surface area contributed by atoms with Gasteiger partial charge < -0.3 is 25.8 Å². The third kappa shape index (κ3) is 6.01. The van der Waals surface area contributed by atoms with Crippen molar-refractivity contribution in [2.75, 3.05) is 42.3 Å². The Balaban J connectivity index is 1.53. The Hall–Kier alpha value is -3.36. The second-order valence-electron chi connectivity index (χ2n) is 7.84. The van der Waals surface area contributed by atoms with Crippen LogP contribution in [0.15, 0.2) is 48.9 Å². The minimum absolute atomic E-state index is 0.00316. The fourth-order valence-electron chi connectivity index (χ4n) is 3.67. The number of nitrogens with two attached hydrogens (primary N) is 1. The van der Waals surface area contributed by atoms with Crippen LogP contribution in [-0.2, 0) is 16.0 Å². The fourth-order valence-corrected chi connectivity index (χ4v) is 4.16. The molecule has 1 aromatic carbocycles. The van der Waals surface area contributed by atoms with E-state index in [0.29, 0.717) is 44.1 Å². The van der Waals surface area contributed by atoms with Gasteiger partial charge in [0.25, 0.3) is 5.91 Å². The number of morpholine rings is 1. The SMILES string of the molecule is Nc1ncc(-c2ccc(C[C@@H](NI)C(=O)O)cc2)nc1C(=O)Nc1cnccc1N1CCOCC1. The summed E-state index contributed by atoms with van der Waals surface area (Å²) in [5.41, 5.74) is 9.42. The first-order valence-electron chi connectivity index (χ1n) is 10.8. The monoisotopic (exact) mass is 589 g/mol. The van der Waals surface area contributed by atoms with Gasteiger partial charge in [-0.3, -0.25) is 14.6 Å². The van der Waals surface area contributed by atoms with E-state index in [0.717, 1.165) is 16.8 Å². The van der Waals surface area contributed by atoms with E-state index in [9.17, 15) is 14.7 Å². The number of aromatic nitrogens is 3. The lowest BCUT2D eigenvalue weighted by molar-refractivity contribution is -0.138. The number of carbonyl (C=O) groups is 2. The highest BCUT2D eigenvalue weighted by atomic mass is 127. The van der Waals surface area contributed by atoms with E-state index in [-0.39, 0.29) is 11.5 Å². The molecule has 12 heteroatoms. The van der Waals surface area contributed by atoms with Crippen molar-refractivity contribution >= 4 is 51.9 Å². The van der Waals surface area contributed by atoms with Crippen molar-refractivity contribution in [3.8, 4) is 11.3 Å². The minimum atomic E-state index is -0.922. The molecule has 1 atom stereocenters. The number of amides is 1. The number of nitrogens with zero attached hydrogens (tertiary/aromatic N) is 4. The number of aliphatic carboxylic acids is 1. The number of ether oxygens (including phenoxy) is 1. The average molecular weight is 589 g/mol. The molecule has 3 aromatic rings. The normalized spacial score (nSPS) is 14.4. The van der Waals surface area contributed by atoms with Gasteiger partial charge in [0.2, 0.25) is 0 Å². The molecule has 11 nitrogen and oxygen atoms in total. The van der Waals surface area contributed by atoms with Crippen molar-refractivity contribution in [3.05, 3.63) is 60.2 Å². The summed E-state index contributed by atoms with van der Waals surface area (Å²) in [6.07, 6.45) is 5.09. The summed E-state index contributed by atoms with van der Waals surface area (Å²) in [4.78, 5) is 39.2. The number of pyridine rings is 1. The molecule has 0 aliphatic carbocycles. The summed E-state index contributed by atoms with van der Waals surface area (Å²) in [6, 6.07) is 8.41. The first-order chi connectivity index (χ1) is 17.0. The van der Waals surface area contributed by atoms with Gasteiger partial charge in [0.1, 0.15) is 6.04 Å². The predicted molar refractivity (Wildman–Crippen MR) is 139 cm³/mol. The van der Waals surface area contributed by atoms with Gasteiger partial charge in [-0.15, -0.1) is 0 Å². The molecular weight excluding hydrogens is 565 g/mol.